The molecule has 1 aromatic rings. The summed E-state index contributed by atoms with van der Waals surface area (Å²) in [5, 5.41) is 7.58. The van der Waals surface area contributed by atoms with Crippen LogP contribution >= 0.6 is 0 Å². The Labute approximate surface area is 69.3 Å². The minimum Gasteiger partial charge on any atom is -0.468 e. The van der Waals surface area contributed by atoms with Gasteiger partial charge < -0.3 is 10.5 Å². The number of carbonyl (C=O) groups is 1. The van der Waals surface area contributed by atoms with E-state index < -0.39 is 12.0 Å². The highest BCUT2D eigenvalue weighted by atomic mass is 16.5. The Bertz CT molecular complexity index is 246. The molecule has 66 valence electrons. The quantitative estimate of drug-likeness (QED) is 0.575. The third-order valence-corrected chi connectivity index (χ3v) is 1.33. The molecular weight excluding hydrogens is 160 g/mol. The Hall–Kier alpha value is -1.43. The topological polar surface area (TPSA) is 83.0 Å². The zero-order valence-electron chi connectivity index (χ0n) is 6.67. The first kappa shape index (κ1) is 8.66. The molecule has 6 heteroatoms. The zero-order valence-corrected chi connectivity index (χ0v) is 6.67. The normalized spacial score (nSPS) is 12.5. The molecule has 1 heterocycles. The lowest BCUT2D eigenvalue weighted by Crippen LogP contribution is -2.36. The number of hydrogen-bond acceptors (Lipinski definition) is 5. The van der Waals surface area contributed by atoms with Gasteiger partial charge in [0.2, 0.25) is 0 Å². The molecule has 0 aliphatic rings. The van der Waals surface area contributed by atoms with E-state index in [1.165, 1.54) is 24.3 Å². The van der Waals surface area contributed by atoms with E-state index >= 15 is 0 Å². The summed E-state index contributed by atoms with van der Waals surface area (Å²) >= 11 is 0. The van der Waals surface area contributed by atoms with Crippen molar-refractivity contribution in [2.75, 3.05) is 7.11 Å². The van der Waals surface area contributed by atoms with Gasteiger partial charge in [0.1, 0.15) is 6.04 Å². The number of hydrogen-bond donors (Lipinski definition) is 1. The van der Waals surface area contributed by atoms with Crippen molar-refractivity contribution in [3.8, 4) is 0 Å². The number of ether oxygens (including phenoxy) is 1. The highest BCUT2D eigenvalue weighted by Gasteiger charge is 2.14. The fraction of sp³-hybridized carbons (Fsp3) is 0.500. The van der Waals surface area contributed by atoms with Crippen LogP contribution in [0.5, 0.6) is 0 Å². The van der Waals surface area contributed by atoms with E-state index in [0.29, 0.717) is 0 Å². The van der Waals surface area contributed by atoms with Crippen LogP contribution in [0.2, 0.25) is 0 Å². The van der Waals surface area contributed by atoms with Crippen LogP contribution in [0.25, 0.3) is 0 Å². The van der Waals surface area contributed by atoms with E-state index in [4.69, 9.17) is 5.73 Å². The monoisotopic (exact) mass is 170 g/mol. The van der Waals surface area contributed by atoms with E-state index in [9.17, 15) is 4.79 Å². The molecule has 0 spiro atoms. The molecule has 0 aromatic carbocycles. The number of rotatable bonds is 3. The zero-order chi connectivity index (χ0) is 8.97. The molecule has 0 saturated heterocycles. The van der Waals surface area contributed by atoms with Crippen LogP contribution in [0.1, 0.15) is 0 Å². The largest absolute Gasteiger partial charge is 0.468 e. The van der Waals surface area contributed by atoms with Crippen molar-refractivity contribution >= 4 is 5.97 Å². The lowest BCUT2D eigenvalue weighted by atomic mass is 10.3. The standard InChI is InChI=1S/C6H10N4O2/c1-12-6(11)5(7)4-10-8-2-3-9-10/h2-3,5H,4,7H2,1H3. The third kappa shape index (κ3) is 2.03. The van der Waals surface area contributed by atoms with Gasteiger partial charge in [-0.25, -0.2) is 0 Å². The highest BCUT2D eigenvalue weighted by Crippen LogP contribution is 1.87. The van der Waals surface area contributed by atoms with Crippen molar-refractivity contribution in [3.05, 3.63) is 12.4 Å². The van der Waals surface area contributed by atoms with Gasteiger partial charge in [0, 0.05) is 0 Å². The fourth-order valence-electron chi connectivity index (χ4n) is 0.739. The summed E-state index contributed by atoms with van der Waals surface area (Å²) in [6.45, 7) is 0.236. The molecule has 0 aliphatic carbocycles. The molecule has 1 aromatic heterocycles. The van der Waals surface area contributed by atoms with Gasteiger partial charge >= 0.3 is 5.97 Å². The SMILES string of the molecule is COC(=O)C(N)Cn1nccn1. The maximum absolute atomic E-state index is 10.8. The summed E-state index contributed by atoms with van der Waals surface area (Å²) in [7, 11) is 1.29. The molecule has 0 aliphatic heterocycles. The van der Waals surface area contributed by atoms with Crippen molar-refractivity contribution in [2.45, 2.75) is 12.6 Å². The average Bonchev–Trinajstić information content (AvgIpc) is 2.55. The van der Waals surface area contributed by atoms with Crippen molar-refractivity contribution in [1.82, 2.24) is 15.0 Å². The summed E-state index contributed by atoms with van der Waals surface area (Å²) in [5.74, 6) is -0.465. The molecule has 0 radical (unpaired) electrons. The first-order valence-electron chi connectivity index (χ1n) is 3.41. The third-order valence-electron chi connectivity index (χ3n) is 1.33. The Morgan fingerprint density at radius 1 is 1.67 bits per heavy atom. The van der Waals surface area contributed by atoms with E-state index in [1.807, 2.05) is 0 Å². The Morgan fingerprint density at radius 2 is 2.25 bits per heavy atom. The second kappa shape index (κ2) is 3.82. The molecule has 0 amide bonds. The summed E-state index contributed by atoms with van der Waals surface area (Å²) < 4.78 is 4.43. The summed E-state index contributed by atoms with van der Waals surface area (Å²) in [5.41, 5.74) is 5.44. The molecule has 1 atom stereocenters. The van der Waals surface area contributed by atoms with Gasteiger partial charge in [-0.2, -0.15) is 15.0 Å². The minimum atomic E-state index is -0.706. The van der Waals surface area contributed by atoms with Crippen LogP contribution in [-0.4, -0.2) is 34.1 Å². The summed E-state index contributed by atoms with van der Waals surface area (Å²) in [6, 6.07) is -0.706. The van der Waals surface area contributed by atoms with Gasteiger partial charge in [-0.1, -0.05) is 0 Å². The van der Waals surface area contributed by atoms with E-state index in [0.717, 1.165) is 0 Å². The number of methoxy groups -OCH3 is 1. The smallest absolute Gasteiger partial charge is 0.324 e. The second-order valence-corrected chi connectivity index (χ2v) is 2.21. The van der Waals surface area contributed by atoms with Crippen LogP contribution < -0.4 is 5.73 Å². The van der Waals surface area contributed by atoms with Crippen molar-refractivity contribution in [1.29, 1.82) is 0 Å². The fourth-order valence-corrected chi connectivity index (χ4v) is 0.739. The van der Waals surface area contributed by atoms with E-state index in [2.05, 4.69) is 14.9 Å². The number of nitrogens with two attached hydrogens (primary N) is 1. The van der Waals surface area contributed by atoms with Gasteiger partial charge in [0.25, 0.3) is 0 Å². The lowest BCUT2D eigenvalue weighted by Gasteiger charge is -2.07. The van der Waals surface area contributed by atoms with E-state index in [1.54, 1.807) is 0 Å². The molecular formula is C6H10N4O2. The van der Waals surface area contributed by atoms with Crippen LogP contribution in [0.3, 0.4) is 0 Å². The molecule has 0 fully saturated rings. The predicted molar refractivity (Wildman–Crippen MR) is 40.0 cm³/mol. The van der Waals surface area contributed by atoms with Crippen LogP contribution in [0.15, 0.2) is 12.4 Å². The van der Waals surface area contributed by atoms with Crippen LogP contribution in [-0.2, 0) is 16.1 Å². The number of esters is 1. The molecule has 6 nitrogen and oxygen atoms in total. The Morgan fingerprint density at radius 3 is 2.75 bits per heavy atom. The molecule has 1 rings (SSSR count). The molecule has 1 unspecified atom stereocenters. The molecule has 2 N–H and O–H groups in total. The lowest BCUT2D eigenvalue weighted by molar-refractivity contribution is -0.142. The van der Waals surface area contributed by atoms with Gasteiger partial charge in [-0.3, -0.25) is 4.79 Å². The first-order chi connectivity index (χ1) is 5.74. The average molecular weight is 170 g/mol. The Balaban J connectivity index is 2.47. The maximum atomic E-state index is 10.8. The Kier molecular flexibility index (Phi) is 2.76. The second-order valence-electron chi connectivity index (χ2n) is 2.21. The summed E-state index contributed by atoms with van der Waals surface area (Å²) in [6.07, 6.45) is 3.04. The minimum absolute atomic E-state index is 0.236. The number of aromatic nitrogens is 3. The first-order valence-corrected chi connectivity index (χ1v) is 3.41. The van der Waals surface area contributed by atoms with Gasteiger partial charge in [-0.15, -0.1) is 0 Å². The molecule has 12 heavy (non-hydrogen) atoms. The summed E-state index contributed by atoms with van der Waals surface area (Å²) in [4.78, 5) is 12.2. The number of nitrogens with zero attached hydrogens (tertiary/aromatic N) is 3. The highest BCUT2D eigenvalue weighted by molar-refractivity contribution is 5.75. The van der Waals surface area contributed by atoms with E-state index in [-0.39, 0.29) is 6.54 Å². The van der Waals surface area contributed by atoms with Crippen molar-refractivity contribution < 1.29 is 9.53 Å². The van der Waals surface area contributed by atoms with Crippen molar-refractivity contribution in [2.24, 2.45) is 5.73 Å². The van der Waals surface area contributed by atoms with Gasteiger partial charge in [0.05, 0.1) is 26.0 Å². The van der Waals surface area contributed by atoms with Crippen LogP contribution in [0.4, 0.5) is 0 Å². The predicted octanol–water partition coefficient (Wildman–Crippen LogP) is -1.22. The van der Waals surface area contributed by atoms with Crippen LogP contribution in [0, 0.1) is 0 Å². The van der Waals surface area contributed by atoms with Crippen molar-refractivity contribution in [3.63, 3.8) is 0 Å². The van der Waals surface area contributed by atoms with Gasteiger partial charge in [-0.05, 0) is 0 Å². The number of carbonyl (C=O) groups excluding carboxylic acids is 1. The van der Waals surface area contributed by atoms with Gasteiger partial charge in [0.15, 0.2) is 0 Å². The molecule has 0 bridgehead atoms. The maximum Gasteiger partial charge on any atom is 0.324 e. The molecule has 0 saturated carbocycles.